The molecule has 2 N–H and O–H groups in total. The first-order chi connectivity index (χ1) is 8.56. The van der Waals surface area contributed by atoms with Crippen molar-refractivity contribution >= 4 is 17.6 Å². The van der Waals surface area contributed by atoms with Gasteiger partial charge < -0.3 is 10.2 Å². The SMILES string of the molecule is CC(C)c1cc(NC(=O)CN2CCCC2=O)n[nH]1. The van der Waals surface area contributed by atoms with Gasteiger partial charge in [-0.05, 0) is 12.3 Å². The second-order valence-electron chi connectivity index (χ2n) is 4.83. The molecule has 98 valence electrons. The smallest absolute Gasteiger partial charge is 0.245 e. The van der Waals surface area contributed by atoms with Crippen LogP contribution in [-0.2, 0) is 9.59 Å². The minimum Gasteiger partial charge on any atom is -0.333 e. The van der Waals surface area contributed by atoms with Gasteiger partial charge in [-0.3, -0.25) is 14.7 Å². The van der Waals surface area contributed by atoms with E-state index in [2.05, 4.69) is 15.5 Å². The number of hydrogen-bond donors (Lipinski definition) is 2. The highest BCUT2D eigenvalue weighted by Crippen LogP contribution is 2.15. The molecular formula is C12H18N4O2. The second kappa shape index (κ2) is 5.20. The van der Waals surface area contributed by atoms with Crippen LogP contribution in [0.5, 0.6) is 0 Å². The van der Waals surface area contributed by atoms with Crippen LogP contribution in [0, 0.1) is 0 Å². The number of amides is 2. The van der Waals surface area contributed by atoms with E-state index in [1.807, 2.05) is 19.9 Å². The minimum atomic E-state index is -0.202. The summed E-state index contributed by atoms with van der Waals surface area (Å²) >= 11 is 0. The summed E-state index contributed by atoms with van der Waals surface area (Å²) in [5, 5.41) is 9.57. The molecule has 6 heteroatoms. The Balaban J connectivity index is 1.88. The van der Waals surface area contributed by atoms with Crippen LogP contribution < -0.4 is 5.32 Å². The Morgan fingerprint density at radius 1 is 1.61 bits per heavy atom. The monoisotopic (exact) mass is 250 g/mol. The van der Waals surface area contributed by atoms with Crippen LogP contribution >= 0.6 is 0 Å². The van der Waals surface area contributed by atoms with Crippen LogP contribution in [0.4, 0.5) is 5.82 Å². The standard InChI is InChI=1S/C12H18N4O2/c1-8(2)9-6-10(15-14-9)13-11(17)7-16-5-3-4-12(16)18/h6,8H,3-5,7H2,1-2H3,(H2,13,14,15,17). The molecule has 1 aliphatic rings. The molecule has 0 aromatic carbocycles. The number of rotatable bonds is 4. The Hall–Kier alpha value is -1.85. The third-order valence-electron chi connectivity index (χ3n) is 2.99. The van der Waals surface area contributed by atoms with Crippen molar-refractivity contribution in [3.63, 3.8) is 0 Å². The van der Waals surface area contributed by atoms with Gasteiger partial charge in [0.25, 0.3) is 0 Å². The summed E-state index contributed by atoms with van der Waals surface area (Å²) in [5.74, 6) is 0.695. The van der Waals surface area contributed by atoms with Crippen molar-refractivity contribution in [2.45, 2.75) is 32.6 Å². The quantitative estimate of drug-likeness (QED) is 0.839. The molecular weight excluding hydrogens is 232 g/mol. The highest BCUT2D eigenvalue weighted by Gasteiger charge is 2.22. The molecule has 1 aromatic rings. The first kappa shape index (κ1) is 12.6. The largest absolute Gasteiger partial charge is 0.333 e. The molecule has 0 saturated carbocycles. The lowest BCUT2D eigenvalue weighted by Gasteiger charge is -2.13. The lowest BCUT2D eigenvalue weighted by molar-refractivity contribution is -0.131. The molecule has 6 nitrogen and oxygen atoms in total. The molecule has 0 radical (unpaired) electrons. The van der Waals surface area contributed by atoms with E-state index in [1.54, 1.807) is 4.90 Å². The van der Waals surface area contributed by atoms with Crippen molar-refractivity contribution in [2.75, 3.05) is 18.4 Å². The van der Waals surface area contributed by atoms with E-state index in [-0.39, 0.29) is 18.4 Å². The second-order valence-corrected chi connectivity index (χ2v) is 4.83. The predicted octanol–water partition coefficient (Wildman–Crippen LogP) is 1.09. The van der Waals surface area contributed by atoms with Crippen LogP contribution in [-0.4, -0.2) is 40.0 Å². The van der Waals surface area contributed by atoms with Crippen molar-refractivity contribution in [1.29, 1.82) is 0 Å². The highest BCUT2D eigenvalue weighted by atomic mass is 16.2. The van der Waals surface area contributed by atoms with Crippen LogP contribution in [0.3, 0.4) is 0 Å². The topological polar surface area (TPSA) is 78.1 Å². The molecule has 2 amide bonds. The van der Waals surface area contributed by atoms with E-state index < -0.39 is 0 Å². The van der Waals surface area contributed by atoms with Gasteiger partial charge in [-0.1, -0.05) is 13.8 Å². The van der Waals surface area contributed by atoms with E-state index in [0.717, 1.165) is 12.1 Å². The first-order valence-corrected chi connectivity index (χ1v) is 6.19. The molecule has 2 rings (SSSR count). The van der Waals surface area contributed by atoms with Gasteiger partial charge in [0, 0.05) is 24.7 Å². The number of nitrogens with one attached hydrogen (secondary N) is 2. The van der Waals surface area contributed by atoms with Crippen LogP contribution in [0.2, 0.25) is 0 Å². The number of aromatic nitrogens is 2. The maximum atomic E-state index is 11.7. The van der Waals surface area contributed by atoms with Gasteiger partial charge in [0.05, 0.1) is 6.54 Å². The number of H-pyrrole nitrogens is 1. The summed E-state index contributed by atoms with van der Waals surface area (Å²) in [6.45, 7) is 4.87. The summed E-state index contributed by atoms with van der Waals surface area (Å²) in [6, 6.07) is 1.81. The van der Waals surface area contributed by atoms with E-state index in [1.165, 1.54) is 0 Å². The first-order valence-electron chi connectivity index (χ1n) is 6.19. The summed E-state index contributed by atoms with van der Waals surface area (Å²) < 4.78 is 0. The zero-order chi connectivity index (χ0) is 13.1. The van der Waals surface area contributed by atoms with Crippen molar-refractivity contribution in [3.8, 4) is 0 Å². The molecule has 0 atom stereocenters. The lowest BCUT2D eigenvalue weighted by Crippen LogP contribution is -2.34. The van der Waals surface area contributed by atoms with E-state index in [4.69, 9.17) is 0 Å². The van der Waals surface area contributed by atoms with Gasteiger partial charge in [-0.2, -0.15) is 5.10 Å². The molecule has 18 heavy (non-hydrogen) atoms. The van der Waals surface area contributed by atoms with Crippen molar-refractivity contribution in [2.24, 2.45) is 0 Å². The summed E-state index contributed by atoms with van der Waals surface area (Å²) in [7, 11) is 0. The fourth-order valence-electron chi connectivity index (χ4n) is 1.92. The molecule has 1 fully saturated rings. The zero-order valence-electron chi connectivity index (χ0n) is 10.7. The lowest BCUT2D eigenvalue weighted by atomic mass is 10.1. The van der Waals surface area contributed by atoms with Gasteiger partial charge in [-0.25, -0.2) is 0 Å². The Morgan fingerprint density at radius 3 is 2.94 bits per heavy atom. The van der Waals surface area contributed by atoms with Gasteiger partial charge in [-0.15, -0.1) is 0 Å². The molecule has 0 spiro atoms. The number of nitrogens with zero attached hydrogens (tertiary/aromatic N) is 2. The Bertz CT molecular complexity index is 453. The van der Waals surface area contributed by atoms with E-state index >= 15 is 0 Å². The fraction of sp³-hybridized carbons (Fsp3) is 0.583. The summed E-state index contributed by atoms with van der Waals surface area (Å²) in [5.41, 5.74) is 0.975. The normalized spacial score (nSPS) is 15.5. The summed E-state index contributed by atoms with van der Waals surface area (Å²) in [4.78, 5) is 24.7. The Labute approximate surface area is 106 Å². The number of carbonyl (C=O) groups is 2. The predicted molar refractivity (Wildman–Crippen MR) is 67.1 cm³/mol. The molecule has 1 aliphatic heterocycles. The highest BCUT2D eigenvalue weighted by molar-refractivity contribution is 5.94. The molecule has 2 heterocycles. The van der Waals surface area contributed by atoms with Gasteiger partial charge in [0.1, 0.15) is 0 Å². The Kier molecular flexibility index (Phi) is 3.64. The third kappa shape index (κ3) is 2.88. The molecule has 0 unspecified atom stereocenters. The van der Waals surface area contributed by atoms with Crippen LogP contribution in [0.1, 0.15) is 38.3 Å². The molecule has 0 aliphatic carbocycles. The number of carbonyl (C=O) groups excluding carboxylic acids is 2. The van der Waals surface area contributed by atoms with Crippen molar-refractivity contribution in [1.82, 2.24) is 15.1 Å². The fourth-order valence-corrected chi connectivity index (χ4v) is 1.92. The van der Waals surface area contributed by atoms with E-state index in [0.29, 0.717) is 24.7 Å². The van der Waals surface area contributed by atoms with Crippen molar-refractivity contribution < 1.29 is 9.59 Å². The number of hydrogen-bond acceptors (Lipinski definition) is 3. The van der Waals surface area contributed by atoms with Gasteiger partial charge >= 0.3 is 0 Å². The summed E-state index contributed by atoms with van der Waals surface area (Å²) in [6.07, 6.45) is 1.39. The Morgan fingerprint density at radius 2 is 2.39 bits per heavy atom. The average Bonchev–Trinajstić information content (AvgIpc) is 2.89. The van der Waals surface area contributed by atoms with E-state index in [9.17, 15) is 9.59 Å². The van der Waals surface area contributed by atoms with Gasteiger partial charge in [0.15, 0.2) is 5.82 Å². The van der Waals surface area contributed by atoms with Gasteiger partial charge in [0.2, 0.25) is 11.8 Å². The maximum Gasteiger partial charge on any atom is 0.245 e. The maximum absolute atomic E-state index is 11.7. The third-order valence-corrected chi connectivity index (χ3v) is 2.99. The average molecular weight is 250 g/mol. The molecule has 1 aromatic heterocycles. The molecule has 0 bridgehead atoms. The van der Waals surface area contributed by atoms with Crippen molar-refractivity contribution in [3.05, 3.63) is 11.8 Å². The minimum absolute atomic E-state index is 0.0510. The molecule has 1 saturated heterocycles. The number of aromatic amines is 1. The number of anilines is 1. The number of likely N-dealkylation sites (tertiary alicyclic amines) is 1. The zero-order valence-corrected chi connectivity index (χ0v) is 10.7. The van der Waals surface area contributed by atoms with Crippen LogP contribution in [0.25, 0.3) is 0 Å². The van der Waals surface area contributed by atoms with Crippen LogP contribution in [0.15, 0.2) is 6.07 Å².